The molecule has 0 spiro atoms. The van der Waals surface area contributed by atoms with Gasteiger partial charge in [-0.25, -0.2) is 0 Å². The van der Waals surface area contributed by atoms with E-state index in [1.54, 1.807) is 0 Å². The Bertz CT molecular complexity index is 341. The topological polar surface area (TPSA) is 146 Å². The Labute approximate surface area is 91.0 Å². The molecule has 0 saturated heterocycles. The second kappa shape index (κ2) is 13.0. The zero-order chi connectivity index (χ0) is 13.0. The predicted octanol–water partition coefficient (Wildman–Crippen LogP) is -0.622. The van der Waals surface area contributed by atoms with Crippen molar-refractivity contribution in [1.82, 2.24) is 0 Å². The number of esters is 2. The molecule has 0 amide bonds. The minimum atomic E-state index is -3.79. The summed E-state index contributed by atoms with van der Waals surface area (Å²) in [7, 11) is 0. The average Bonchev–Trinajstić information content (AvgIpc) is 1.78. The van der Waals surface area contributed by atoms with E-state index >= 15 is 0 Å². The maximum absolute atomic E-state index is 9.81. The quantitative estimate of drug-likeness (QED) is 0.421. The SMILES string of the molecule is CC(=O)OC(C)=O.[O]=[Cr](=[O])=[O].[O]=[Cr](=[O])=[O]. The molecule has 0 unspecified atom stereocenters. The molecule has 11 heteroatoms. The van der Waals surface area contributed by atoms with Gasteiger partial charge >= 0.3 is 62.7 Å². The van der Waals surface area contributed by atoms with E-state index in [0.29, 0.717) is 0 Å². The average molecular weight is 302 g/mol. The van der Waals surface area contributed by atoms with Crippen molar-refractivity contribution in [2.75, 3.05) is 0 Å². The summed E-state index contributed by atoms with van der Waals surface area (Å²) < 4.78 is 55.2. The fourth-order valence-corrected chi connectivity index (χ4v) is 0.202. The van der Waals surface area contributed by atoms with Gasteiger partial charge in [0.15, 0.2) is 0 Å². The van der Waals surface area contributed by atoms with Crippen LogP contribution in [0.25, 0.3) is 0 Å². The third kappa shape index (κ3) is 174. The molecular formula is C4H6Cr2O9. The van der Waals surface area contributed by atoms with Crippen molar-refractivity contribution in [2.45, 2.75) is 13.8 Å². The van der Waals surface area contributed by atoms with Crippen LogP contribution < -0.4 is 0 Å². The molecule has 0 rings (SSSR count). The third-order valence-electron chi connectivity index (χ3n) is 0.287. The number of hydrogen-bond acceptors (Lipinski definition) is 9. The summed E-state index contributed by atoms with van der Waals surface area (Å²) in [6, 6.07) is 0. The molecule has 0 bridgehead atoms. The molecule has 0 aliphatic carbocycles. The van der Waals surface area contributed by atoms with Gasteiger partial charge in [-0.2, -0.15) is 0 Å². The van der Waals surface area contributed by atoms with Crippen molar-refractivity contribution in [2.24, 2.45) is 0 Å². The van der Waals surface area contributed by atoms with Gasteiger partial charge in [0.1, 0.15) is 0 Å². The van der Waals surface area contributed by atoms with Crippen LogP contribution in [0.15, 0.2) is 0 Å². The van der Waals surface area contributed by atoms with Crippen LogP contribution in [0.1, 0.15) is 13.8 Å². The van der Waals surface area contributed by atoms with Crippen LogP contribution in [0, 0.1) is 0 Å². The molecule has 0 N–H and O–H groups in total. The van der Waals surface area contributed by atoms with E-state index in [0.717, 1.165) is 0 Å². The standard InChI is InChI=1S/C4H6O3.2Cr.6O/c1-3(5)7-4(2)6;;;;;;;;/h1-2H3;;;;;;;;. The molecule has 0 aromatic carbocycles. The molecule has 0 heterocycles. The van der Waals surface area contributed by atoms with Gasteiger partial charge in [-0.15, -0.1) is 0 Å². The van der Waals surface area contributed by atoms with Crippen molar-refractivity contribution < 1.29 is 65.0 Å². The first kappa shape index (κ1) is 19.6. The molecule has 88 valence electrons. The monoisotopic (exact) mass is 302 g/mol. The van der Waals surface area contributed by atoms with E-state index in [1.165, 1.54) is 13.8 Å². The fraction of sp³-hybridized carbons (Fsp3) is 0.500. The van der Waals surface area contributed by atoms with Gasteiger partial charge in [0.05, 0.1) is 0 Å². The zero-order valence-electron chi connectivity index (χ0n) is 7.49. The van der Waals surface area contributed by atoms with Crippen molar-refractivity contribution in [3.8, 4) is 0 Å². The third-order valence-corrected chi connectivity index (χ3v) is 0.287. The number of rotatable bonds is 0. The summed E-state index contributed by atoms with van der Waals surface area (Å²) in [5.74, 6) is -1.12. The van der Waals surface area contributed by atoms with E-state index in [9.17, 15) is 9.59 Å². The molecule has 0 aliphatic rings. The summed E-state index contributed by atoms with van der Waals surface area (Å²) >= 11 is -7.58. The number of carbonyl (C=O) groups excluding carboxylic acids is 2. The molecular weight excluding hydrogens is 296 g/mol. The first-order valence-corrected chi connectivity index (χ1v) is 5.94. The summed E-state index contributed by atoms with van der Waals surface area (Å²) in [6.07, 6.45) is 0. The van der Waals surface area contributed by atoms with Crippen molar-refractivity contribution >= 4 is 11.9 Å². The number of carbonyl (C=O) groups is 2. The second-order valence-corrected chi connectivity index (χ2v) is 2.77. The Morgan fingerprint density at radius 2 is 0.867 bits per heavy atom. The first-order chi connectivity index (χ1) is 6.59. The first-order valence-electron chi connectivity index (χ1n) is 2.82. The molecule has 0 aliphatic heterocycles. The summed E-state index contributed by atoms with van der Waals surface area (Å²) in [6.45, 7) is 2.36. The van der Waals surface area contributed by atoms with Crippen LogP contribution in [-0.2, 0) is 65.0 Å². The molecule has 9 nitrogen and oxygen atoms in total. The van der Waals surface area contributed by atoms with E-state index in [2.05, 4.69) is 4.74 Å². The van der Waals surface area contributed by atoms with Gasteiger partial charge in [-0.05, 0) is 0 Å². The Morgan fingerprint density at radius 1 is 0.733 bits per heavy atom. The van der Waals surface area contributed by atoms with Gasteiger partial charge in [0.2, 0.25) is 0 Å². The Balaban J connectivity index is -0.000000155. The van der Waals surface area contributed by atoms with E-state index in [4.69, 9.17) is 22.8 Å². The normalized spacial score (nSPS) is 6.80. The molecule has 0 aromatic rings. The Morgan fingerprint density at radius 3 is 0.867 bits per heavy atom. The van der Waals surface area contributed by atoms with Gasteiger partial charge < -0.3 is 4.74 Å². The molecule has 0 aromatic heterocycles. The van der Waals surface area contributed by atoms with Crippen LogP contribution in [0.5, 0.6) is 0 Å². The van der Waals surface area contributed by atoms with Crippen LogP contribution >= 0.6 is 0 Å². The Kier molecular flexibility index (Phi) is 17.0. The van der Waals surface area contributed by atoms with Crippen molar-refractivity contribution in [1.29, 1.82) is 0 Å². The van der Waals surface area contributed by atoms with Gasteiger partial charge in [0.25, 0.3) is 0 Å². The predicted molar refractivity (Wildman–Crippen MR) is 26.6 cm³/mol. The minimum absolute atomic E-state index is 0.562. The summed E-state index contributed by atoms with van der Waals surface area (Å²) in [5.41, 5.74) is 0. The molecule has 15 heavy (non-hydrogen) atoms. The Hall–Kier alpha value is -0.995. The molecule has 0 fully saturated rings. The van der Waals surface area contributed by atoms with Crippen LogP contribution in [0.4, 0.5) is 0 Å². The van der Waals surface area contributed by atoms with E-state index in [1.807, 2.05) is 0 Å². The van der Waals surface area contributed by atoms with Gasteiger partial charge in [-0.1, -0.05) is 0 Å². The fourth-order valence-electron chi connectivity index (χ4n) is 0.202. The van der Waals surface area contributed by atoms with Crippen LogP contribution in [0.3, 0.4) is 0 Å². The number of hydrogen-bond donors (Lipinski definition) is 0. The summed E-state index contributed by atoms with van der Waals surface area (Å²) in [5, 5.41) is 0. The molecule has 0 saturated carbocycles. The number of ether oxygens (including phenoxy) is 1. The maximum atomic E-state index is 9.81. The zero-order valence-corrected chi connectivity index (χ0v) is 10.0. The van der Waals surface area contributed by atoms with Gasteiger partial charge in [-0.3, -0.25) is 9.59 Å². The molecule has 0 radical (unpaired) electrons. The second-order valence-electron chi connectivity index (χ2n) is 1.49. The molecule has 0 atom stereocenters. The van der Waals surface area contributed by atoms with Crippen LogP contribution in [-0.4, -0.2) is 11.9 Å². The van der Waals surface area contributed by atoms with Gasteiger partial charge in [0, 0.05) is 13.8 Å². The van der Waals surface area contributed by atoms with E-state index in [-0.39, 0.29) is 0 Å². The van der Waals surface area contributed by atoms with Crippen molar-refractivity contribution in [3.05, 3.63) is 0 Å². The van der Waals surface area contributed by atoms with Crippen molar-refractivity contribution in [3.63, 3.8) is 0 Å². The summed E-state index contributed by atoms with van der Waals surface area (Å²) in [4.78, 5) is 19.6. The van der Waals surface area contributed by atoms with E-state index < -0.39 is 39.8 Å². The van der Waals surface area contributed by atoms with Crippen LogP contribution in [0.2, 0.25) is 0 Å².